The molecule has 3 heteroatoms. The number of ether oxygens (including phenoxy) is 1. The Morgan fingerprint density at radius 2 is 2.00 bits per heavy atom. The first-order valence-corrected chi connectivity index (χ1v) is 5.78. The second-order valence-electron chi connectivity index (χ2n) is 4.39. The normalized spacial score (nSPS) is 17.9. The molecule has 90 valence electrons. The molecule has 0 aliphatic heterocycles. The second kappa shape index (κ2) is 6.12. The van der Waals surface area contributed by atoms with Gasteiger partial charge in [0, 0.05) is 6.04 Å². The summed E-state index contributed by atoms with van der Waals surface area (Å²) in [7, 11) is 0. The molecule has 2 nitrogen and oxygen atoms in total. The number of rotatable bonds is 3. The lowest BCUT2D eigenvalue weighted by atomic mass is 10.1. The highest BCUT2D eigenvalue weighted by molar-refractivity contribution is 5.85. The summed E-state index contributed by atoms with van der Waals surface area (Å²) in [5.41, 5.74) is 6.98. The van der Waals surface area contributed by atoms with E-state index in [9.17, 15) is 0 Å². The molecule has 2 rings (SSSR count). The van der Waals surface area contributed by atoms with Gasteiger partial charge in [-0.15, -0.1) is 12.4 Å². The van der Waals surface area contributed by atoms with Gasteiger partial charge in [-0.3, -0.25) is 0 Å². The maximum Gasteiger partial charge on any atom is 0.120 e. The molecule has 2 N–H and O–H groups in total. The van der Waals surface area contributed by atoms with Crippen molar-refractivity contribution < 1.29 is 4.74 Å². The number of hydrogen-bond acceptors (Lipinski definition) is 2. The lowest BCUT2D eigenvalue weighted by Crippen LogP contribution is -2.11. The van der Waals surface area contributed by atoms with Crippen LogP contribution in [-0.2, 0) is 0 Å². The molecule has 1 saturated carbocycles. The Bertz CT molecular complexity index is 321. The van der Waals surface area contributed by atoms with E-state index in [1.54, 1.807) is 0 Å². The number of nitrogens with two attached hydrogens (primary N) is 1. The van der Waals surface area contributed by atoms with Crippen LogP contribution in [-0.4, -0.2) is 6.10 Å². The van der Waals surface area contributed by atoms with Crippen LogP contribution in [0.5, 0.6) is 5.75 Å². The summed E-state index contributed by atoms with van der Waals surface area (Å²) in [6.07, 6.45) is 5.42. The first kappa shape index (κ1) is 13.3. The number of hydrogen-bond donors (Lipinski definition) is 1. The van der Waals surface area contributed by atoms with E-state index >= 15 is 0 Å². The van der Waals surface area contributed by atoms with Crippen LogP contribution < -0.4 is 10.5 Å². The van der Waals surface area contributed by atoms with E-state index < -0.39 is 0 Å². The van der Waals surface area contributed by atoms with Gasteiger partial charge in [0.2, 0.25) is 0 Å². The summed E-state index contributed by atoms with van der Waals surface area (Å²) in [5, 5.41) is 0. The molecule has 1 aliphatic carbocycles. The van der Waals surface area contributed by atoms with E-state index in [-0.39, 0.29) is 18.4 Å². The van der Waals surface area contributed by atoms with Gasteiger partial charge in [0.25, 0.3) is 0 Å². The van der Waals surface area contributed by atoms with Gasteiger partial charge in [0.15, 0.2) is 0 Å². The molecule has 1 unspecified atom stereocenters. The molecule has 1 fully saturated rings. The fourth-order valence-corrected chi connectivity index (χ4v) is 2.07. The molecule has 0 radical (unpaired) electrons. The molecule has 1 aromatic carbocycles. The molecule has 0 bridgehead atoms. The topological polar surface area (TPSA) is 35.2 Å². The van der Waals surface area contributed by atoms with E-state index in [0.717, 1.165) is 11.3 Å². The summed E-state index contributed by atoms with van der Waals surface area (Å²) in [6.45, 7) is 1.99. The third kappa shape index (κ3) is 3.39. The SMILES string of the molecule is CC(N)c1cccc(OC2CCCC2)c1.Cl. The largest absolute Gasteiger partial charge is 0.490 e. The molecule has 0 spiro atoms. The molecule has 0 heterocycles. The quantitative estimate of drug-likeness (QED) is 0.880. The Hall–Kier alpha value is -0.730. The maximum atomic E-state index is 5.91. The van der Waals surface area contributed by atoms with Gasteiger partial charge < -0.3 is 10.5 Å². The van der Waals surface area contributed by atoms with Gasteiger partial charge in [-0.05, 0) is 50.3 Å². The van der Waals surface area contributed by atoms with Crippen molar-refractivity contribution in [3.05, 3.63) is 29.8 Å². The van der Waals surface area contributed by atoms with Crippen molar-refractivity contribution in [1.82, 2.24) is 0 Å². The Balaban J connectivity index is 0.00000128. The fourth-order valence-electron chi connectivity index (χ4n) is 2.07. The van der Waals surface area contributed by atoms with Crippen molar-refractivity contribution in [2.24, 2.45) is 5.73 Å². The fraction of sp³-hybridized carbons (Fsp3) is 0.538. The number of halogens is 1. The van der Waals surface area contributed by atoms with Crippen LogP contribution in [0.1, 0.15) is 44.2 Å². The van der Waals surface area contributed by atoms with Crippen molar-refractivity contribution in [2.45, 2.75) is 44.8 Å². The van der Waals surface area contributed by atoms with E-state index in [4.69, 9.17) is 10.5 Å². The number of benzene rings is 1. The van der Waals surface area contributed by atoms with E-state index in [1.807, 2.05) is 25.1 Å². The maximum absolute atomic E-state index is 5.91. The average molecular weight is 242 g/mol. The molecule has 0 aromatic heterocycles. The molecular formula is C13H20ClNO. The van der Waals surface area contributed by atoms with Gasteiger partial charge in [0.1, 0.15) is 5.75 Å². The minimum Gasteiger partial charge on any atom is -0.490 e. The zero-order valence-corrected chi connectivity index (χ0v) is 10.5. The predicted molar refractivity (Wildman–Crippen MR) is 69.2 cm³/mol. The van der Waals surface area contributed by atoms with Gasteiger partial charge in [0.05, 0.1) is 6.10 Å². The van der Waals surface area contributed by atoms with Crippen LogP contribution in [0.25, 0.3) is 0 Å². The van der Waals surface area contributed by atoms with Crippen molar-refractivity contribution in [3.8, 4) is 5.75 Å². The summed E-state index contributed by atoms with van der Waals surface area (Å²) >= 11 is 0. The highest BCUT2D eigenvalue weighted by Crippen LogP contribution is 2.25. The van der Waals surface area contributed by atoms with Crippen molar-refractivity contribution in [1.29, 1.82) is 0 Å². The predicted octanol–water partition coefficient (Wildman–Crippen LogP) is 3.45. The summed E-state index contributed by atoms with van der Waals surface area (Å²) in [6, 6.07) is 8.22. The Labute approximate surface area is 104 Å². The van der Waals surface area contributed by atoms with E-state index in [0.29, 0.717) is 6.10 Å². The first-order chi connectivity index (χ1) is 7.25. The average Bonchev–Trinajstić information content (AvgIpc) is 2.71. The van der Waals surface area contributed by atoms with Crippen LogP contribution in [0.3, 0.4) is 0 Å². The van der Waals surface area contributed by atoms with Gasteiger partial charge >= 0.3 is 0 Å². The molecule has 0 saturated heterocycles. The zero-order valence-electron chi connectivity index (χ0n) is 9.69. The Kier molecular flexibility index (Phi) is 5.10. The van der Waals surface area contributed by atoms with Crippen LogP contribution in [0, 0.1) is 0 Å². The molecule has 0 amide bonds. The summed E-state index contributed by atoms with van der Waals surface area (Å²) < 4.78 is 5.91. The lowest BCUT2D eigenvalue weighted by Gasteiger charge is -2.14. The summed E-state index contributed by atoms with van der Waals surface area (Å²) in [4.78, 5) is 0. The minimum absolute atomic E-state index is 0. The lowest BCUT2D eigenvalue weighted by molar-refractivity contribution is 0.210. The molecule has 1 atom stereocenters. The van der Waals surface area contributed by atoms with Crippen LogP contribution >= 0.6 is 12.4 Å². The van der Waals surface area contributed by atoms with E-state index in [1.165, 1.54) is 25.7 Å². The molecule has 1 aliphatic rings. The van der Waals surface area contributed by atoms with Gasteiger partial charge in [-0.25, -0.2) is 0 Å². The van der Waals surface area contributed by atoms with E-state index in [2.05, 4.69) is 6.07 Å². The standard InChI is InChI=1S/C13H19NO.ClH/c1-10(14)11-5-4-8-13(9-11)15-12-6-2-3-7-12;/h4-5,8-10,12H,2-3,6-7,14H2,1H3;1H. The van der Waals surface area contributed by atoms with Crippen LogP contribution in [0.15, 0.2) is 24.3 Å². The van der Waals surface area contributed by atoms with Crippen molar-refractivity contribution in [2.75, 3.05) is 0 Å². The first-order valence-electron chi connectivity index (χ1n) is 5.78. The molecule has 1 aromatic rings. The monoisotopic (exact) mass is 241 g/mol. The molecule has 16 heavy (non-hydrogen) atoms. The van der Waals surface area contributed by atoms with Gasteiger partial charge in [-0.1, -0.05) is 12.1 Å². The molecular weight excluding hydrogens is 222 g/mol. The minimum atomic E-state index is 0. The highest BCUT2D eigenvalue weighted by atomic mass is 35.5. The highest BCUT2D eigenvalue weighted by Gasteiger charge is 2.16. The Morgan fingerprint density at radius 3 is 2.62 bits per heavy atom. The zero-order chi connectivity index (χ0) is 10.7. The Morgan fingerprint density at radius 1 is 1.31 bits per heavy atom. The van der Waals surface area contributed by atoms with Crippen LogP contribution in [0.2, 0.25) is 0 Å². The van der Waals surface area contributed by atoms with Crippen molar-refractivity contribution in [3.63, 3.8) is 0 Å². The van der Waals surface area contributed by atoms with Crippen LogP contribution in [0.4, 0.5) is 0 Å². The smallest absolute Gasteiger partial charge is 0.120 e. The third-order valence-corrected chi connectivity index (χ3v) is 2.99. The van der Waals surface area contributed by atoms with Gasteiger partial charge in [-0.2, -0.15) is 0 Å². The summed E-state index contributed by atoms with van der Waals surface area (Å²) in [5.74, 6) is 0.969. The third-order valence-electron chi connectivity index (χ3n) is 2.99. The van der Waals surface area contributed by atoms with Crippen molar-refractivity contribution >= 4 is 12.4 Å². The second-order valence-corrected chi connectivity index (χ2v) is 4.39.